The lowest BCUT2D eigenvalue weighted by atomic mass is 9.85. The molecule has 1 aromatic heterocycles. The first-order valence-corrected chi connectivity index (χ1v) is 11.9. The standard InChI is InChI=1S/C29H30N4O2/c1-32-14-16-33(17-15-32)26-18-20(9-12-27(26)35-2)28(29(30)34)25-11-10-22(21-6-5-13-31-19-21)23-7-3-4-8-24(23)25/h3-13,18-19,28H,14-17H2,1-2H3,(H2,30,34). The number of carbonyl (C=O) groups excluding carboxylic acids is 1. The number of fused-ring (bicyclic) bond motifs is 1. The van der Waals surface area contributed by atoms with Gasteiger partial charge in [-0.05, 0) is 52.7 Å². The Morgan fingerprint density at radius 2 is 1.74 bits per heavy atom. The van der Waals surface area contributed by atoms with E-state index in [1.54, 1.807) is 13.3 Å². The van der Waals surface area contributed by atoms with E-state index in [4.69, 9.17) is 10.5 Å². The Bertz CT molecular complexity index is 1350. The molecule has 0 spiro atoms. The molecule has 6 heteroatoms. The minimum atomic E-state index is -0.583. The van der Waals surface area contributed by atoms with E-state index in [9.17, 15) is 4.79 Å². The minimum Gasteiger partial charge on any atom is -0.495 e. The highest BCUT2D eigenvalue weighted by Gasteiger charge is 2.26. The lowest BCUT2D eigenvalue weighted by molar-refractivity contribution is -0.118. The Labute approximate surface area is 205 Å². The third-order valence-corrected chi connectivity index (χ3v) is 6.91. The molecule has 4 aromatic rings. The Hall–Kier alpha value is -3.90. The number of ether oxygens (including phenoxy) is 1. The van der Waals surface area contributed by atoms with Crippen LogP contribution >= 0.6 is 0 Å². The maximum atomic E-state index is 12.9. The molecule has 5 rings (SSSR count). The van der Waals surface area contributed by atoms with Crippen molar-refractivity contribution < 1.29 is 9.53 Å². The predicted octanol–water partition coefficient (Wildman–Crippen LogP) is 4.28. The van der Waals surface area contributed by atoms with Crippen molar-refractivity contribution in [2.75, 3.05) is 45.2 Å². The molecule has 0 aliphatic carbocycles. The van der Waals surface area contributed by atoms with E-state index in [-0.39, 0.29) is 5.91 Å². The zero-order chi connectivity index (χ0) is 24.4. The summed E-state index contributed by atoms with van der Waals surface area (Å²) in [6.45, 7) is 3.76. The van der Waals surface area contributed by atoms with Gasteiger partial charge >= 0.3 is 0 Å². The number of amides is 1. The smallest absolute Gasteiger partial charge is 0.229 e. The number of anilines is 1. The summed E-state index contributed by atoms with van der Waals surface area (Å²) in [6.07, 6.45) is 3.63. The number of likely N-dealkylation sites (N-methyl/N-ethyl adjacent to an activating group) is 1. The SMILES string of the molecule is COc1ccc(C(C(N)=O)c2ccc(-c3cccnc3)c3ccccc23)cc1N1CCN(C)CC1. The van der Waals surface area contributed by atoms with Gasteiger partial charge in [0.25, 0.3) is 0 Å². The number of nitrogens with zero attached hydrogens (tertiary/aromatic N) is 3. The van der Waals surface area contributed by atoms with Crippen molar-refractivity contribution >= 4 is 22.4 Å². The number of rotatable bonds is 6. The second-order valence-corrected chi connectivity index (χ2v) is 9.05. The van der Waals surface area contributed by atoms with Crippen molar-refractivity contribution in [2.24, 2.45) is 5.73 Å². The normalized spacial score (nSPS) is 15.2. The fourth-order valence-electron chi connectivity index (χ4n) is 5.03. The number of aromatic nitrogens is 1. The van der Waals surface area contributed by atoms with Gasteiger partial charge in [-0.3, -0.25) is 9.78 Å². The van der Waals surface area contributed by atoms with E-state index >= 15 is 0 Å². The summed E-state index contributed by atoms with van der Waals surface area (Å²) in [5.41, 5.74) is 10.9. The Kier molecular flexibility index (Phi) is 6.38. The average Bonchev–Trinajstić information content (AvgIpc) is 2.89. The molecule has 1 saturated heterocycles. The fourth-order valence-corrected chi connectivity index (χ4v) is 5.03. The van der Waals surface area contributed by atoms with Crippen molar-refractivity contribution in [3.63, 3.8) is 0 Å². The van der Waals surface area contributed by atoms with Crippen LogP contribution in [-0.2, 0) is 4.79 Å². The van der Waals surface area contributed by atoms with E-state index in [0.29, 0.717) is 0 Å². The van der Waals surface area contributed by atoms with Gasteiger partial charge in [0.2, 0.25) is 5.91 Å². The summed E-state index contributed by atoms with van der Waals surface area (Å²) in [6, 6.07) is 22.2. The summed E-state index contributed by atoms with van der Waals surface area (Å²) < 4.78 is 5.68. The molecule has 1 aliphatic rings. The largest absolute Gasteiger partial charge is 0.495 e. The summed E-state index contributed by atoms with van der Waals surface area (Å²) in [4.78, 5) is 21.9. The molecule has 1 fully saturated rings. The maximum absolute atomic E-state index is 12.9. The second-order valence-electron chi connectivity index (χ2n) is 9.05. The Morgan fingerprint density at radius 1 is 0.971 bits per heavy atom. The minimum absolute atomic E-state index is 0.376. The number of pyridine rings is 1. The molecule has 0 saturated carbocycles. The zero-order valence-electron chi connectivity index (χ0n) is 20.1. The van der Waals surface area contributed by atoms with Gasteiger partial charge in [-0.1, -0.05) is 48.5 Å². The topological polar surface area (TPSA) is 71.7 Å². The molecular weight excluding hydrogens is 436 g/mol. The lowest BCUT2D eigenvalue weighted by Crippen LogP contribution is -2.44. The van der Waals surface area contributed by atoms with Crippen LogP contribution in [0, 0.1) is 0 Å². The number of hydrogen-bond donors (Lipinski definition) is 1. The van der Waals surface area contributed by atoms with Crippen molar-refractivity contribution in [2.45, 2.75) is 5.92 Å². The summed E-state index contributed by atoms with van der Waals surface area (Å²) >= 11 is 0. The third kappa shape index (κ3) is 4.45. The lowest BCUT2D eigenvalue weighted by Gasteiger charge is -2.35. The highest BCUT2D eigenvalue weighted by Crippen LogP contribution is 2.39. The van der Waals surface area contributed by atoms with Crippen LogP contribution in [0.5, 0.6) is 5.75 Å². The van der Waals surface area contributed by atoms with Gasteiger partial charge in [-0.25, -0.2) is 0 Å². The van der Waals surface area contributed by atoms with Crippen LogP contribution in [0.2, 0.25) is 0 Å². The molecule has 1 aliphatic heterocycles. The zero-order valence-corrected chi connectivity index (χ0v) is 20.1. The van der Waals surface area contributed by atoms with Crippen molar-refractivity contribution in [1.82, 2.24) is 9.88 Å². The van der Waals surface area contributed by atoms with Gasteiger partial charge in [0.15, 0.2) is 0 Å². The summed E-state index contributed by atoms with van der Waals surface area (Å²) in [5, 5.41) is 2.08. The van der Waals surface area contributed by atoms with Crippen LogP contribution in [0.15, 0.2) is 79.1 Å². The van der Waals surface area contributed by atoms with E-state index < -0.39 is 5.92 Å². The molecular formula is C29H30N4O2. The quantitative estimate of drug-likeness (QED) is 0.459. The van der Waals surface area contributed by atoms with E-state index in [1.807, 2.05) is 48.7 Å². The first kappa shape index (κ1) is 22.9. The molecule has 6 nitrogen and oxygen atoms in total. The highest BCUT2D eigenvalue weighted by molar-refractivity contribution is 6.01. The number of piperazine rings is 1. The van der Waals surface area contributed by atoms with Crippen molar-refractivity contribution in [3.05, 3.63) is 90.3 Å². The van der Waals surface area contributed by atoms with E-state index in [1.165, 1.54) is 0 Å². The average molecular weight is 467 g/mol. The first-order chi connectivity index (χ1) is 17.1. The van der Waals surface area contributed by atoms with Gasteiger partial charge < -0.3 is 20.3 Å². The molecule has 1 atom stereocenters. The Balaban J connectivity index is 1.63. The highest BCUT2D eigenvalue weighted by atomic mass is 16.5. The van der Waals surface area contributed by atoms with E-state index in [2.05, 4.69) is 46.1 Å². The van der Waals surface area contributed by atoms with Gasteiger partial charge in [0, 0.05) is 44.1 Å². The van der Waals surface area contributed by atoms with Crippen molar-refractivity contribution in [1.29, 1.82) is 0 Å². The maximum Gasteiger partial charge on any atom is 0.229 e. The summed E-state index contributed by atoms with van der Waals surface area (Å²) in [5.74, 6) is -0.156. The van der Waals surface area contributed by atoms with E-state index in [0.717, 1.165) is 70.6 Å². The van der Waals surface area contributed by atoms with Crippen LogP contribution in [-0.4, -0.2) is 56.1 Å². The first-order valence-electron chi connectivity index (χ1n) is 11.9. The monoisotopic (exact) mass is 466 g/mol. The fraction of sp³-hybridized carbons (Fsp3) is 0.241. The molecule has 2 N–H and O–H groups in total. The molecule has 0 radical (unpaired) electrons. The molecule has 35 heavy (non-hydrogen) atoms. The molecule has 2 heterocycles. The molecule has 3 aromatic carbocycles. The molecule has 0 bridgehead atoms. The Morgan fingerprint density at radius 3 is 2.43 bits per heavy atom. The number of hydrogen-bond acceptors (Lipinski definition) is 5. The molecule has 1 amide bonds. The third-order valence-electron chi connectivity index (χ3n) is 6.91. The van der Waals surface area contributed by atoms with Crippen LogP contribution in [0.4, 0.5) is 5.69 Å². The number of primary amides is 1. The number of methoxy groups -OCH3 is 1. The van der Waals surface area contributed by atoms with Gasteiger partial charge in [0.05, 0.1) is 18.7 Å². The second kappa shape index (κ2) is 9.76. The van der Waals surface area contributed by atoms with Gasteiger partial charge in [0.1, 0.15) is 5.75 Å². The predicted molar refractivity (Wildman–Crippen MR) is 141 cm³/mol. The molecule has 178 valence electrons. The van der Waals surface area contributed by atoms with Crippen LogP contribution in [0.1, 0.15) is 17.0 Å². The molecule has 1 unspecified atom stereocenters. The van der Waals surface area contributed by atoms with Gasteiger partial charge in [-0.2, -0.15) is 0 Å². The summed E-state index contributed by atoms with van der Waals surface area (Å²) in [7, 11) is 3.82. The van der Waals surface area contributed by atoms with Gasteiger partial charge in [-0.15, -0.1) is 0 Å². The number of nitrogens with two attached hydrogens (primary N) is 1. The van der Waals surface area contributed by atoms with Crippen molar-refractivity contribution in [3.8, 4) is 16.9 Å². The number of benzene rings is 3. The van der Waals surface area contributed by atoms with Crippen LogP contribution in [0.3, 0.4) is 0 Å². The van der Waals surface area contributed by atoms with Crippen LogP contribution < -0.4 is 15.4 Å². The van der Waals surface area contributed by atoms with Crippen LogP contribution in [0.25, 0.3) is 21.9 Å². The number of carbonyl (C=O) groups is 1.